The number of ether oxygens (including phenoxy) is 3. The van der Waals surface area contributed by atoms with E-state index in [0.29, 0.717) is 37.5 Å². The van der Waals surface area contributed by atoms with Crippen molar-refractivity contribution in [1.82, 2.24) is 9.80 Å². The number of aliphatic hydroxyl groups excluding tert-OH is 2. The summed E-state index contributed by atoms with van der Waals surface area (Å²) in [6.45, 7) is 13.8. The third kappa shape index (κ3) is 12.4. The standard InChI is InChI=1S/C40H66N2O9/c1-7-32(44)29(4)37-33(49-37)26-39(5,47)19-11-13-27(2)36-28(3)16-17-34(40(6,48)20-18-31(43)25-35(45)51-36)50-38(46)42-22-12-21-41(23-24-42)30-14-9-8-10-15-30/h11,13,16-17,19,28-34,36-37,43-44,47-48H,7-10,12,14-15,18,20-26H2,1-6H3/b17-16-,19-11+,27-13+. The van der Waals surface area contributed by atoms with E-state index in [2.05, 4.69) is 4.90 Å². The fraction of sp³-hybridized carbons (Fsp3) is 0.800. The van der Waals surface area contributed by atoms with Gasteiger partial charge in [0.05, 0.1) is 36.4 Å². The molecule has 0 spiro atoms. The van der Waals surface area contributed by atoms with Crippen molar-refractivity contribution in [2.24, 2.45) is 11.8 Å². The summed E-state index contributed by atoms with van der Waals surface area (Å²) in [5.74, 6) is -0.936. The largest absolute Gasteiger partial charge is 0.457 e. The molecule has 0 bridgehead atoms. The van der Waals surface area contributed by atoms with Gasteiger partial charge in [-0.05, 0) is 70.9 Å². The zero-order valence-corrected chi connectivity index (χ0v) is 31.9. The van der Waals surface area contributed by atoms with Crippen LogP contribution in [0.15, 0.2) is 36.0 Å². The number of aliphatic hydroxyl groups is 4. The van der Waals surface area contributed by atoms with Gasteiger partial charge in [-0.15, -0.1) is 0 Å². The van der Waals surface area contributed by atoms with E-state index in [1.54, 1.807) is 43.1 Å². The molecule has 3 aliphatic heterocycles. The Morgan fingerprint density at radius 1 is 1.14 bits per heavy atom. The number of cyclic esters (lactones) is 1. The van der Waals surface area contributed by atoms with Crippen molar-refractivity contribution in [3.05, 3.63) is 36.0 Å². The molecule has 0 aromatic heterocycles. The third-order valence-corrected chi connectivity index (χ3v) is 11.5. The number of hydrogen-bond acceptors (Lipinski definition) is 10. The number of esters is 1. The number of hydrogen-bond donors (Lipinski definition) is 4. The van der Waals surface area contributed by atoms with Crippen LogP contribution in [-0.4, -0.2) is 122 Å². The molecule has 0 radical (unpaired) electrons. The molecule has 1 amide bonds. The molecule has 10 atom stereocenters. The van der Waals surface area contributed by atoms with Crippen LogP contribution in [0.1, 0.15) is 112 Å². The van der Waals surface area contributed by atoms with Crippen LogP contribution < -0.4 is 0 Å². The van der Waals surface area contributed by atoms with Gasteiger partial charge in [-0.3, -0.25) is 9.69 Å². The minimum atomic E-state index is -1.48. The molecule has 2 saturated heterocycles. The number of allylic oxidation sites excluding steroid dienone is 2. The summed E-state index contributed by atoms with van der Waals surface area (Å²) in [4.78, 5) is 30.7. The molecule has 1 aliphatic carbocycles. The number of nitrogens with zero attached hydrogens (tertiary/aromatic N) is 2. The maximum absolute atomic E-state index is 13.6. The third-order valence-electron chi connectivity index (χ3n) is 11.5. The average molecular weight is 719 g/mol. The van der Waals surface area contributed by atoms with Crippen molar-refractivity contribution in [1.29, 1.82) is 0 Å². The zero-order valence-electron chi connectivity index (χ0n) is 31.9. The van der Waals surface area contributed by atoms with Crippen molar-refractivity contribution in [2.45, 2.75) is 166 Å². The van der Waals surface area contributed by atoms with Gasteiger partial charge >= 0.3 is 12.1 Å². The smallest absolute Gasteiger partial charge is 0.410 e. The van der Waals surface area contributed by atoms with Gasteiger partial charge in [-0.25, -0.2) is 4.79 Å². The molecular formula is C40H66N2O9. The van der Waals surface area contributed by atoms with Gasteiger partial charge in [-0.1, -0.05) is 64.3 Å². The van der Waals surface area contributed by atoms with Gasteiger partial charge in [0, 0.05) is 50.5 Å². The Bertz CT molecular complexity index is 1230. The lowest BCUT2D eigenvalue weighted by molar-refractivity contribution is -0.151. The number of epoxide rings is 1. The maximum atomic E-state index is 13.6. The molecular weight excluding hydrogens is 652 g/mol. The quantitative estimate of drug-likeness (QED) is 0.105. The van der Waals surface area contributed by atoms with Gasteiger partial charge in [0.1, 0.15) is 11.7 Å². The Hall–Kier alpha value is -2.28. The second kappa shape index (κ2) is 18.7. The summed E-state index contributed by atoms with van der Waals surface area (Å²) in [6.07, 6.45) is 13.0. The monoisotopic (exact) mass is 718 g/mol. The number of carbonyl (C=O) groups is 2. The molecule has 11 nitrogen and oxygen atoms in total. The molecule has 0 aromatic rings. The summed E-state index contributed by atoms with van der Waals surface area (Å²) in [5.41, 5.74) is -1.93. The minimum Gasteiger partial charge on any atom is -0.457 e. The van der Waals surface area contributed by atoms with Crippen LogP contribution >= 0.6 is 0 Å². The van der Waals surface area contributed by atoms with Gasteiger partial charge in [-0.2, -0.15) is 0 Å². The van der Waals surface area contributed by atoms with Crippen molar-refractivity contribution in [3.63, 3.8) is 0 Å². The average Bonchev–Trinajstić information content (AvgIpc) is 3.89. The molecule has 0 aromatic carbocycles. The number of carbonyl (C=O) groups excluding carboxylic acids is 2. The van der Waals surface area contributed by atoms with E-state index in [-0.39, 0.29) is 43.3 Å². The minimum absolute atomic E-state index is 0.0104. The van der Waals surface area contributed by atoms with Gasteiger partial charge in [0.2, 0.25) is 0 Å². The normalized spacial score (nSPS) is 35.5. The first-order chi connectivity index (χ1) is 24.1. The first-order valence-electron chi connectivity index (χ1n) is 19.5. The number of amides is 1. The lowest BCUT2D eigenvalue weighted by Crippen LogP contribution is -2.46. The van der Waals surface area contributed by atoms with Crippen LogP contribution in [0.5, 0.6) is 0 Å². The second-order valence-corrected chi connectivity index (χ2v) is 16.2. The maximum Gasteiger partial charge on any atom is 0.410 e. The molecule has 1 saturated carbocycles. The van der Waals surface area contributed by atoms with Crippen LogP contribution in [-0.2, 0) is 19.0 Å². The predicted molar refractivity (Wildman–Crippen MR) is 196 cm³/mol. The summed E-state index contributed by atoms with van der Waals surface area (Å²) >= 11 is 0. The highest BCUT2D eigenvalue weighted by Crippen LogP contribution is 2.37. The first kappa shape index (κ1) is 41.5. The van der Waals surface area contributed by atoms with E-state index < -0.39 is 47.7 Å². The van der Waals surface area contributed by atoms with Crippen molar-refractivity contribution < 1.29 is 44.2 Å². The van der Waals surface area contributed by atoms with E-state index in [1.807, 2.05) is 33.8 Å². The van der Waals surface area contributed by atoms with Crippen molar-refractivity contribution >= 4 is 12.1 Å². The van der Waals surface area contributed by atoms with Crippen LogP contribution in [0, 0.1) is 11.8 Å². The van der Waals surface area contributed by atoms with Gasteiger partial charge in [0.25, 0.3) is 0 Å². The molecule has 10 unspecified atom stereocenters. The SMILES string of the molecule is CCC(O)C(C)C1OC1CC(C)(O)/C=C/C=C(\C)C1OC(=O)CC(O)CCC(C)(O)C(OC(=O)N2CCCN(C3CCCCC3)CC2)/C=C\C1C. The molecule has 4 N–H and O–H groups in total. The highest BCUT2D eigenvalue weighted by molar-refractivity contribution is 5.70. The molecule has 3 fully saturated rings. The van der Waals surface area contributed by atoms with Crippen LogP contribution in [0.2, 0.25) is 0 Å². The highest BCUT2D eigenvalue weighted by atomic mass is 16.6. The fourth-order valence-corrected chi connectivity index (χ4v) is 7.92. The Kier molecular flexibility index (Phi) is 15.2. The summed E-state index contributed by atoms with van der Waals surface area (Å²) in [6, 6.07) is 0.584. The Morgan fingerprint density at radius 2 is 1.86 bits per heavy atom. The lowest BCUT2D eigenvalue weighted by atomic mass is 9.88. The van der Waals surface area contributed by atoms with Crippen LogP contribution in [0.3, 0.4) is 0 Å². The van der Waals surface area contributed by atoms with E-state index >= 15 is 0 Å². The summed E-state index contributed by atoms with van der Waals surface area (Å²) in [7, 11) is 0. The molecule has 4 aliphatic rings. The topological polar surface area (TPSA) is 153 Å². The Labute approximate surface area is 305 Å². The number of rotatable bonds is 10. The van der Waals surface area contributed by atoms with Gasteiger partial charge < -0.3 is 39.5 Å². The Morgan fingerprint density at radius 3 is 2.57 bits per heavy atom. The molecule has 51 heavy (non-hydrogen) atoms. The fourth-order valence-electron chi connectivity index (χ4n) is 7.92. The van der Waals surface area contributed by atoms with Crippen LogP contribution in [0.4, 0.5) is 4.79 Å². The van der Waals surface area contributed by atoms with Crippen molar-refractivity contribution in [2.75, 3.05) is 26.2 Å². The first-order valence-corrected chi connectivity index (χ1v) is 19.5. The molecule has 290 valence electrons. The summed E-state index contributed by atoms with van der Waals surface area (Å²) < 4.78 is 17.7. The zero-order chi connectivity index (χ0) is 37.3. The highest BCUT2D eigenvalue weighted by Gasteiger charge is 2.47. The van der Waals surface area contributed by atoms with E-state index in [9.17, 15) is 30.0 Å². The van der Waals surface area contributed by atoms with Crippen molar-refractivity contribution in [3.8, 4) is 0 Å². The molecule has 11 heteroatoms. The molecule has 4 rings (SSSR count). The molecule has 3 heterocycles. The second-order valence-electron chi connectivity index (χ2n) is 16.2. The van der Waals surface area contributed by atoms with Crippen LogP contribution in [0.25, 0.3) is 0 Å². The van der Waals surface area contributed by atoms with E-state index in [1.165, 1.54) is 32.1 Å². The van der Waals surface area contributed by atoms with E-state index in [4.69, 9.17) is 14.2 Å². The summed E-state index contributed by atoms with van der Waals surface area (Å²) in [5, 5.41) is 43.5. The van der Waals surface area contributed by atoms with E-state index in [0.717, 1.165) is 19.5 Å². The Balaban J connectivity index is 1.44. The van der Waals surface area contributed by atoms with Gasteiger partial charge in [0.15, 0.2) is 6.10 Å². The lowest BCUT2D eigenvalue weighted by Gasteiger charge is -2.34. The predicted octanol–water partition coefficient (Wildman–Crippen LogP) is 5.05.